The normalized spacial score (nSPS) is 24.0. The third-order valence-electron chi connectivity index (χ3n) is 3.65. The molecule has 0 aromatic carbocycles. The molecule has 0 saturated carbocycles. The lowest BCUT2D eigenvalue weighted by Crippen LogP contribution is -2.39. The number of hydrogen-bond donors (Lipinski definition) is 1. The third-order valence-corrected chi connectivity index (χ3v) is 4.71. The molecule has 1 amide bonds. The number of aromatic carboxylic acids is 1. The zero-order valence-corrected chi connectivity index (χ0v) is 12.1. The molecule has 2 atom stereocenters. The van der Waals surface area contributed by atoms with Crippen LogP contribution in [-0.4, -0.2) is 34.5 Å². The van der Waals surface area contributed by atoms with Gasteiger partial charge < -0.3 is 10.0 Å². The Morgan fingerprint density at radius 1 is 1.26 bits per heavy atom. The Morgan fingerprint density at radius 2 is 1.95 bits per heavy atom. The van der Waals surface area contributed by atoms with Crippen molar-refractivity contribution in [2.75, 3.05) is 6.54 Å². The number of carbonyl (C=O) groups excluding carboxylic acids is 1. The molecule has 4 nitrogen and oxygen atoms in total. The van der Waals surface area contributed by atoms with E-state index in [0.29, 0.717) is 10.8 Å². The highest BCUT2D eigenvalue weighted by Crippen LogP contribution is 2.25. The van der Waals surface area contributed by atoms with E-state index in [1.165, 1.54) is 6.07 Å². The maximum absolute atomic E-state index is 12.5. The molecule has 5 heteroatoms. The van der Waals surface area contributed by atoms with Gasteiger partial charge in [-0.15, -0.1) is 11.3 Å². The summed E-state index contributed by atoms with van der Waals surface area (Å²) in [4.78, 5) is 26.0. The van der Waals surface area contributed by atoms with E-state index < -0.39 is 5.97 Å². The van der Waals surface area contributed by atoms with Gasteiger partial charge >= 0.3 is 5.97 Å². The lowest BCUT2D eigenvalue weighted by molar-refractivity contribution is 0.0680. The monoisotopic (exact) mass is 281 g/mol. The molecule has 1 aromatic heterocycles. The number of thiophene rings is 1. The van der Waals surface area contributed by atoms with Crippen LogP contribution in [0, 0.1) is 5.92 Å². The number of hydrogen-bond acceptors (Lipinski definition) is 3. The molecule has 1 aliphatic rings. The highest BCUT2D eigenvalue weighted by molar-refractivity contribution is 7.15. The van der Waals surface area contributed by atoms with E-state index in [1.54, 1.807) is 6.07 Å². The van der Waals surface area contributed by atoms with E-state index in [9.17, 15) is 9.59 Å². The van der Waals surface area contributed by atoms with Crippen LogP contribution in [-0.2, 0) is 0 Å². The molecule has 1 aliphatic heterocycles. The van der Waals surface area contributed by atoms with Gasteiger partial charge in [-0.2, -0.15) is 0 Å². The van der Waals surface area contributed by atoms with Crippen molar-refractivity contribution in [2.24, 2.45) is 5.92 Å². The van der Waals surface area contributed by atoms with Crippen molar-refractivity contribution in [3.8, 4) is 0 Å². The summed E-state index contributed by atoms with van der Waals surface area (Å²) >= 11 is 1.06. The highest BCUT2D eigenvalue weighted by Gasteiger charge is 2.27. The van der Waals surface area contributed by atoms with Gasteiger partial charge in [0.15, 0.2) is 0 Å². The van der Waals surface area contributed by atoms with Crippen LogP contribution in [0.25, 0.3) is 0 Å². The number of amides is 1. The van der Waals surface area contributed by atoms with E-state index in [4.69, 9.17) is 5.11 Å². The van der Waals surface area contributed by atoms with Crippen LogP contribution in [0.15, 0.2) is 12.1 Å². The van der Waals surface area contributed by atoms with Crippen LogP contribution in [0.1, 0.15) is 52.5 Å². The van der Waals surface area contributed by atoms with E-state index in [1.807, 2.05) is 4.90 Å². The number of carbonyl (C=O) groups is 2. The van der Waals surface area contributed by atoms with Crippen molar-refractivity contribution >= 4 is 23.2 Å². The lowest BCUT2D eigenvalue weighted by atomic mass is 10.1. The van der Waals surface area contributed by atoms with Gasteiger partial charge in [0.25, 0.3) is 5.91 Å². The van der Waals surface area contributed by atoms with Crippen molar-refractivity contribution < 1.29 is 14.7 Å². The first-order valence-electron chi connectivity index (χ1n) is 6.63. The first-order valence-corrected chi connectivity index (χ1v) is 7.44. The second kappa shape index (κ2) is 5.74. The Labute approximate surface area is 117 Å². The van der Waals surface area contributed by atoms with Gasteiger partial charge in [-0.1, -0.05) is 13.3 Å². The Hall–Kier alpha value is -1.36. The first kappa shape index (κ1) is 14.1. The Bertz CT molecular complexity index is 483. The molecule has 1 aromatic rings. The zero-order valence-electron chi connectivity index (χ0n) is 11.3. The second-order valence-corrected chi connectivity index (χ2v) is 6.40. The Balaban J connectivity index is 2.18. The van der Waals surface area contributed by atoms with Crippen LogP contribution >= 0.6 is 11.3 Å². The number of rotatable bonds is 2. The maximum atomic E-state index is 12.5. The molecule has 0 spiro atoms. The standard InChI is InChI=1S/C14H19NO3S/c1-9-4-3-5-10(2)15(8-9)13(16)11-6-7-12(19-11)14(17)18/h6-7,9-10H,3-5,8H2,1-2H3,(H,17,18). The molecular formula is C14H19NO3S. The molecule has 2 rings (SSSR count). The van der Waals surface area contributed by atoms with E-state index in [-0.39, 0.29) is 16.8 Å². The second-order valence-electron chi connectivity index (χ2n) is 5.31. The largest absolute Gasteiger partial charge is 0.477 e. The SMILES string of the molecule is CC1CCCC(C)N(C(=O)c2ccc(C(=O)O)s2)C1. The average Bonchev–Trinajstić information content (AvgIpc) is 2.78. The summed E-state index contributed by atoms with van der Waals surface area (Å²) in [5, 5.41) is 8.91. The topological polar surface area (TPSA) is 57.6 Å². The van der Waals surface area contributed by atoms with Crippen LogP contribution in [0.4, 0.5) is 0 Å². The van der Waals surface area contributed by atoms with E-state index in [0.717, 1.165) is 37.1 Å². The van der Waals surface area contributed by atoms with Gasteiger partial charge in [-0.3, -0.25) is 4.79 Å². The summed E-state index contributed by atoms with van der Waals surface area (Å²) in [6.45, 7) is 5.00. The van der Waals surface area contributed by atoms with Crippen molar-refractivity contribution in [1.29, 1.82) is 0 Å². The minimum absolute atomic E-state index is 0.0289. The summed E-state index contributed by atoms with van der Waals surface area (Å²) < 4.78 is 0. The minimum Gasteiger partial charge on any atom is -0.477 e. The van der Waals surface area contributed by atoms with Gasteiger partial charge in [-0.05, 0) is 37.8 Å². The number of nitrogens with zero attached hydrogens (tertiary/aromatic N) is 1. The maximum Gasteiger partial charge on any atom is 0.345 e. The molecule has 1 fully saturated rings. The Kier molecular flexibility index (Phi) is 4.24. The van der Waals surface area contributed by atoms with Crippen molar-refractivity contribution in [2.45, 2.75) is 39.2 Å². The van der Waals surface area contributed by atoms with Gasteiger partial charge in [-0.25, -0.2) is 4.79 Å². The van der Waals surface area contributed by atoms with E-state index >= 15 is 0 Å². The van der Waals surface area contributed by atoms with Crippen LogP contribution < -0.4 is 0 Å². The summed E-state index contributed by atoms with van der Waals surface area (Å²) in [5.41, 5.74) is 0. The fourth-order valence-electron chi connectivity index (χ4n) is 2.52. The lowest BCUT2D eigenvalue weighted by Gasteiger charge is -2.28. The number of likely N-dealkylation sites (tertiary alicyclic amines) is 1. The fraction of sp³-hybridized carbons (Fsp3) is 0.571. The van der Waals surface area contributed by atoms with Crippen molar-refractivity contribution in [3.63, 3.8) is 0 Å². The predicted octanol–water partition coefficient (Wildman–Crippen LogP) is 3.10. The zero-order chi connectivity index (χ0) is 14.0. The molecular weight excluding hydrogens is 262 g/mol. The van der Waals surface area contributed by atoms with E-state index in [2.05, 4.69) is 13.8 Å². The summed E-state index contributed by atoms with van der Waals surface area (Å²) in [7, 11) is 0. The van der Waals surface area contributed by atoms with Gasteiger partial charge in [0.05, 0.1) is 4.88 Å². The summed E-state index contributed by atoms with van der Waals surface area (Å²) in [6.07, 6.45) is 3.32. The summed E-state index contributed by atoms with van der Waals surface area (Å²) in [5.74, 6) is -0.493. The highest BCUT2D eigenvalue weighted by atomic mass is 32.1. The van der Waals surface area contributed by atoms with Crippen LogP contribution in [0.2, 0.25) is 0 Å². The molecule has 1 N–H and O–H groups in total. The van der Waals surface area contributed by atoms with Crippen molar-refractivity contribution in [3.05, 3.63) is 21.9 Å². The third kappa shape index (κ3) is 3.15. The average molecular weight is 281 g/mol. The van der Waals surface area contributed by atoms with Gasteiger partial charge in [0, 0.05) is 12.6 Å². The molecule has 2 unspecified atom stereocenters. The van der Waals surface area contributed by atoms with Crippen molar-refractivity contribution in [1.82, 2.24) is 4.90 Å². The Morgan fingerprint density at radius 3 is 2.58 bits per heavy atom. The van der Waals surface area contributed by atoms with Crippen LogP contribution in [0.5, 0.6) is 0 Å². The van der Waals surface area contributed by atoms with Gasteiger partial charge in [0.2, 0.25) is 0 Å². The molecule has 104 valence electrons. The minimum atomic E-state index is -0.971. The fourth-order valence-corrected chi connectivity index (χ4v) is 3.32. The molecule has 1 saturated heterocycles. The predicted molar refractivity (Wildman–Crippen MR) is 74.8 cm³/mol. The summed E-state index contributed by atoms with van der Waals surface area (Å²) in [6, 6.07) is 3.36. The number of carboxylic acids is 1. The molecule has 0 radical (unpaired) electrons. The quantitative estimate of drug-likeness (QED) is 0.906. The van der Waals surface area contributed by atoms with Gasteiger partial charge in [0.1, 0.15) is 4.88 Å². The molecule has 19 heavy (non-hydrogen) atoms. The molecule has 0 bridgehead atoms. The molecule has 0 aliphatic carbocycles. The van der Waals surface area contributed by atoms with Crippen LogP contribution in [0.3, 0.4) is 0 Å². The first-order chi connectivity index (χ1) is 8.99. The molecule has 2 heterocycles. The smallest absolute Gasteiger partial charge is 0.345 e. The number of carboxylic acid groups (broad SMARTS) is 1.